The van der Waals surface area contributed by atoms with Crippen LogP contribution in [-0.2, 0) is 6.54 Å². The van der Waals surface area contributed by atoms with E-state index in [0.29, 0.717) is 23.2 Å². The summed E-state index contributed by atoms with van der Waals surface area (Å²) in [4.78, 5) is 16.5. The number of imidazole rings is 1. The maximum Gasteiger partial charge on any atom is 0.198 e. The van der Waals surface area contributed by atoms with Gasteiger partial charge >= 0.3 is 0 Å². The molecule has 4 aromatic rings. The summed E-state index contributed by atoms with van der Waals surface area (Å²) in [6.07, 6.45) is 3.43. The van der Waals surface area contributed by atoms with Crippen molar-refractivity contribution in [1.29, 1.82) is 0 Å². The molecule has 0 bridgehead atoms. The molecule has 0 aliphatic carbocycles. The van der Waals surface area contributed by atoms with Crippen LogP contribution >= 0.6 is 11.6 Å². The van der Waals surface area contributed by atoms with Gasteiger partial charge < -0.3 is 10.3 Å². The van der Waals surface area contributed by atoms with E-state index < -0.39 is 0 Å². The van der Waals surface area contributed by atoms with Crippen LogP contribution < -0.4 is 5.32 Å². The second-order valence-electron chi connectivity index (χ2n) is 5.33. The Morgan fingerprint density at radius 2 is 1.92 bits per heavy atom. The molecule has 0 aliphatic heterocycles. The van der Waals surface area contributed by atoms with Crippen LogP contribution in [0, 0.1) is 0 Å². The zero-order chi connectivity index (χ0) is 16.4. The molecule has 0 spiro atoms. The zero-order valence-electron chi connectivity index (χ0n) is 12.7. The summed E-state index contributed by atoms with van der Waals surface area (Å²) in [7, 11) is 0. The molecule has 24 heavy (non-hydrogen) atoms. The second kappa shape index (κ2) is 6.29. The molecule has 2 aromatic heterocycles. The number of halogens is 1. The van der Waals surface area contributed by atoms with Crippen molar-refractivity contribution < 1.29 is 0 Å². The maximum atomic E-state index is 6.15. The number of aromatic nitrogens is 4. The minimum Gasteiger partial charge on any atom is -0.365 e. The van der Waals surface area contributed by atoms with Crippen molar-refractivity contribution in [3.05, 3.63) is 71.5 Å². The summed E-state index contributed by atoms with van der Waals surface area (Å²) in [5.41, 5.74) is 1.99. The summed E-state index contributed by atoms with van der Waals surface area (Å²) in [6.45, 7) is 0.664. The Kier molecular flexibility index (Phi) is 3.84. The van der Waals surface area contributed by atoms with E-state index in [1.165, 1.54) is 5.56 Å². The van der Waals surface area contributed by atoms with Crippen molar-refractivity contribution in [2.75, 3.05) is 5.32 Å². The standard InChI is InChI=1S/C18H14ClN5/c19-13-6-7-15-14(10-13)16(22-11-12-4-2-1-3-5-12)24-18(23-15)17-20-8-9-21-17/h1-10H,11H2,(H,20,21)(H,22,23,24). The van der Waals surface area contributed by atoms with Crippen LogP contribution in [0.15, 0.2) is 60.9 Å². The molecule has 0 saturated heterocycles. The fourth-order valence-electron chi connectivity index (χ4n) is 2.51. The molecule has 6 heteroatoms. The van der Waals surface area contributed by atoms with Gasteiger partial charge in [-0.05, 0) is 23.8 Å². The minimum atomic E-state index is 0.547. The van der Waals surface area contributed by atoms with Gasteiger partial charge in [-0.3, -0.25) is 0 Å². The van der Waals surface area contributed by atoms with E-state index in [-0.39, 0.29) is 0 Å². The zero-order valence-corrected chi connectivity index (χ0v) is 13.5. The Bertz CT molecular complexity index is 968. The van der Waals surface area contributed by atoms with Gasteiger partial charge in [-0.2, -0.15) is 0 Å². The number of hydrogen-bond donors (Lipinski definition) is 2. The predicted octanol–water partition coefficient (Wildman–Crippen LogP) is 4.29. The first-order chi connectivity index (χ1) is 11.8. The molecular formula is C18H14ClN5. The average Bonchev–Trinajstić information content (AvgIpc) is 3.15. The van der Waals surface area contributed by atoms with Crippen LogP contribution in [0.5, 0.6) is 0 Å². The van der Waals surface area contributed by atoms with Crippen molar-refractivity contribution in [2.24, 2.45) is 0 Å². The number of hydrogen-bond acceptors (Lipinski definition) is 4. The summed E-state index contributed by atoms with van der Waals surface area (Å²) in [5.74, 6) is 1.91. The quantitative estimate of drug-likeness (QED) is 0.584. The Labute approximate surface area is 143 Å². The molecular weight excluding hydrogens is 322 g/mol. The van der Waals surface area contributed by atoms with E-state index in [1.807, 2.05) is 36.4 Å². The first-order valence-corrected chi connectivity index (χ1v) is 7.92. The Balaban J connectivity index is 1.77. The van der Waals surface area contributed by atoms with Gasteiger partial charge in [-0.1, -0.05) is 41.9 Å². The predicted molar refractivity (Wildman–Crippen MR) is 95.9 cm³/mol. The second-order valence-corrected chi connectivity index (χ2v) is 5.77. The molecule has 0 amide bonds. The summed E-state index contributed by atoms with van der Waals surface area (Å²) >= 11 is 6.15. The SMILES string of the molecule is Clc1ccc2nc(-c3ncc[nH]3)nc(NCc3ccccc3)c2c1. The Hall–Kier alpha value is -2.92. The lowest BCUT2D eigenvalue weighted by Gasteiger charge is -2.10. The van der Waals surface area contributed by atoms with Crippen LogP contribution in [0.3, 0.4) is 0 Å². The van der Waals surface area contributed by atoms with Gasteiger partial charge in [0, 0.05) is 29.3 Å². The van der Waals surface area contributed by atoms with Crippen molar-refractivity contribution in [2.45, 2.75) is 6.54 Å². The highest BCUT2D eigenvalue weighted by Gasteiger charge is 2.11. The number of benzene rings is 2. The van der Waals surface area contributed by atoms with Gasteiger partial charge in [0.2, 0.25) is 0 Å². The van der Waals surface area contributed by atoms with E-state index in [2.05, 4.69) is 37.4 Å². The molecule has 0 atom stereocenters. The molecule has 0 unspecified atom stereocenters. The minimum absolute atomic E-state index is 0.547. The van der Waals surface area contributed by atoms with Crippen molar-refractivity contribution >= 4 is 28.3 Å². The van der Waals surface area contributed by atoms with E-state index >= 15 is 0 Å². The van der Waals surface area contributed by atoms with Gasteiger partial charge in [0.15, 0.2) is 11.6 Å². The molecule has 0 saturated carbocycles. The third-order valence-corrected chi connectivity index (χ3v) is 3.91. The summed E-state index contributed by atoms with van der Waals surface area (Å²) in [5, 5.41) is 4.92. The lowest BCUT2D eigenvalue weighted by molar-refractivity contribution is 1.09. The van der Waals surface area contributed by atoms with Crippen LogP contribution in [0.1, 0.15) is 5.56 Å². The number of rotatable bonds is 4. The largest absolute Gasteiger partial charge is 0.365 e. The number of aromatic amines is 1. The molecule has 4 rings (SSSR count). The average molecular weight is 336 g/mol. The molecule has 0 fully saturated rings. The van der Waals surface area contributed by atoms with E-state index in [4.69, 9.17) is 11.6 Å². The molecule has 118 valence electrons. The fourth-order valence-corrected chi connectivity index (χ4v) is 2.68. The van der Waals surface area contributed by atoms with Crippen LogP contribution in [0.2, 0.25) is 5.02 Å². The highest BCUT2D eigenvalue weighted by Crippen LogP contribution is 2.26. The van der Waals surface area contributed by atoms with Gasteiger partial charge in [0.25, 0.3) is 0 Å². The summed E-state index contributed by atoms with van der Waals surface area (Å²) in [6, 6.07) is 15.7. The number of H-pyrrole nitrogens is 1. The first kappa shape index (κ1) is 14.7. The van der Waals surface area contributed by atoms with Crippen LogP contribution in [0.25, 0.3) is 22.6 Å². The molecule has 5 nitrogen and oxygen atoms in total. The van der Waals surface area contributed by atoms with E-state index in [9.17, 15) is 0 Å². The first-order valence-electron chi connectivity index (χ1n) is 7.54. The lowest BCUT2D eigenvalue weighted by atomic mass is 10.2. The molecule has 2 heterocycles. The maximum absolute atomic E-state index is 6.15. The van der Waals surface area contributed by atoms with Gasteiger partial charge in [-0.25, -0.2) is 15.0 Å². The summed E-state index contributed by atoms with van der Waals surface area (Å²) < 4.78 is 0. The highest BCUT2D eigenvalue weighted by molar-refractivity contribution is 6.31. The van der Waals surface area contributed by atoms with Crippen molar-refractivity contribution in [1.82, 2.24) is 19.9 Å². The third kappa shape index (κ3) is 2.94. The monoisotopic (exact) mass is 335 g/mol. The lowest BCUT2D eigenvalue weighted by Crippen LogP contribution is -2.04. The third-order valence-electron chi connectivity index (χ3n) is 3.67. The van der Waals surface area contributed by atoms with E-state index in [0.717, 1.165) is 16.7 Å². The fraction of sp³-hybridized carbons (Fsp3) is 0.0556. The van der Waals surface area contributed by atoms with Crippen LogP contribution in [0.4, 0.5) is 5.82 Å². The molecule has 0 radical (unpaired) electrons. The van der Waals surface area contributed by atoms with Gasteiger partial charge in [0.05, 0.1) is 5.52 Å². The smallest absolute Gasteiger partial charge is 0.198 e. The van der Waals surface area contributed by atoms with Crippen LogP contribution in [-0.4, -0.2) is 19.9 Å². The Morgan fingerprint density at radius 1 is 1.04 bits per heavy atom. The topological polar surface area (TPSA) is 66.5 Å². The normalized spacial score (nSPS) is 10.9. The van der Waals surface area contributed by atoms with Crippen molar-refractivity contribution in [3.8, 4) is 11.6 Å². The molecule has 2 aromatic carbocycles. The number of fused-ring (bicyclic) bond motifs is 1. The van der Waals surface area contributed by atoms with E-state index in [1.54, 1.807) is 12.4 Å². The number of anilines is 1. The highest BCUT2D eigenvalue weighted by atomic mass is 35.5. The van der Waals surface area contributed by atoms with Gasteiger partial charge in [-0.15, -0.1) is 0 Å². The molecule has 0 aliphatic rings. The van der Waals surface area contributed by atoms with Gasteiger partial charge in [0.1, 0.15) is 5.82 Å². The Morgan fingerprint density at radius 3 is 2.71 bits per heavy atom. The van der Waals surface area contributed by atoms with Crippen molar-refractivity contribution in [3.63, 3.8) is 0 Å². The number of nitrogens with zero attached hydrogens (tertiary/aromatic N) is 3. The number of nitrogens with one attached hydrogen (secondary N) is 2. The molecule has 2 N–H and O–H groups in total.